The first-order valence-electron chi connectivity index (χ1n) is 12.3. The number of nitrogens with two attached hydrogens (primary N) is 1. The Bertz CT molecular complexity index is 1260. The molecule has 2 aromatic carbocycles. The molecule has 10 nitrogen and oxygen atoms in total. The molecule has 2 aliphatic carbocycles. The van der Waals surface area contributed by atoms with Gasteiger partial charge in [-0.3, -0.25) is 9.59 Å². The van der Waals surface area contributed by atoms with Crippen molar-refractivity contribution in [3.05, 3.63) is 57.6 Å². The lowest BCUT2D eigenvalue weighted by atomic mass is 9.72. The largest absolute Gasteiger partial charge is 0.507 e. The molecule has 0 aromatic heterocycles. The highest BCUT2D eigenvalue weighted by molar-refractivity contribution is 6.30. The van der Waals surface area contributed by atoms with Crippen LogP contribution in [0.1, 0.15) is 75.8 Å². The summed E-state index contributed by atoms with van der Waals surface area (Å²) in [6.07, 6.45) is -4.49. The smallest absolute Gasteiger partial charge is 0.198 e. The molecule has 1 heterocycles. The number of ketones is 2. The fourth-order valence-electron chi connectivity index (χ4n) is 5.61. The number of methoxy groups -OCH3 is 1. The van der Waals surface area contributed by atoms with Gasteiger partial charge in [0.15, 0.2) is 17.9 Å². The van der Waals surface area contributed by atoms with Crippen LogP contribution >= 0.6 is 0 Å². The highest BCUT2D eigenvalue weighted by atomic mass is 16.7. The van der Waals surface area contributed by atoms with Crippen LogP contribution in [-0.4, -0.2) is 75.3 Å². The van der Waals surface area contributed by atoms with E-state index in [9.17, 15) is 30.0 Å². The van der Waals surface area contributed by atoms with Crippen LogP contribution < -0.4 is 10.5 Å². The quantitative estimate of drug-likeness (QED) is 0.341. The summed E-state index contributed by atoms with van der Waals surface area (Å²) in [5.74, 6) is -1.22. The van der Waals surface area contributed by atoms with Gasteiger partial charge in [0.2, 0.25) is 0 Å². The van der Waals surface area contributed by atoms with Gasteiger partial charge >= 0.3 is 0 Å². The second-order valence-electron chi connectivity index (χ2n) is 10.2. The number of benzene rings is 2. The summed E-state index contributed by atoms with van der Waals surface area (Å²) >= 11 is 0. The standard InChI is InChI=1S/C27H31NO9/c1-11-23(30)17(28)8-20(36-11)37-19-10-27(34,12(2)29)9-16-14(19)7-15-22(26(16)33)24(31)13-5-4-6-18(35-3)21(13)25(15)32/h4-7,11-12,17,19-20,23,29-30,33-34H,8-10,28H2,1-3H3. The van der Waals surface area contributed by atoms with Gasteiger partial charge in [-0.15, -0.1) is 0 Å². The molecule has 0 saturated carbocycles. The monoisotopic (exact) mass is 513 g/mol. The second kappa shape index (κ2) is 9.16. The molecule has 6 N–H and O–H groups in total. The summed E-state index contributed by atoms with van der Waals surface area (Å²) in [4.78, 5) is 27.0. The number of fused-ring (bicyclic) bond motifs is 3. The molecule has 0 bridgehead atoms. The fraction of sp³-hybridized carbons (Fsp3) is 0.481. The van der Waals surface area contributed by atoms with Crippen LogP contribution in [0.25, 0.3) is 0 Å². The number of phenolic OH excluding ortho intramolecular Hbond substituents is 1. The van der Waals surface area contributed by atoms with Gasteiger partial charge in [-0.25, -0.2) is 0 Å². The van der Waals surface area contributed by atoms with E-state index in [4.69, 9.17) is 19.9 Å². The molecule has 7 atom stereocenters. The van der Waals surface area contributed by atoms with E-state index in [0.29, 0.717) is 5.56 Å². The first-order valence-corrected chi connectivity index (χ1v) is 12.3. The molecular formula is C27H31NO9. The number of hydrogen-bond donors (Lipinski definition) is 5. The summed E-state index contributed by atoms with van der Waals surface area (Å²) < 4.78 is 17.3. The van der Waals surface area contributed by atoms with Crippen LogP contribution in [-0.2, 0) is 15.9 Å². The van der Waals surface area contributed by atoms with E-state index < -0.39 is 59.7 Å². The van der Waals surface area contributed by atoms with Crippen molar-refractivity contribution in [1.29, 1.82) is 0 Å². The van der Waals surface area contributed by atoms with Crippen LogP contribution in [0.3, 0.4) is 0 Å². The van der Waals surface area contributed by atoms with Crippen molar-refractivity contribution < 1.29 is 44.2 Å². The van der Waals surface area contributed by atoms with Gasteiger partial charge in [0.25, 0.3) is 0 Å². The summed E-state index contributed by atoms with van der Waals surface area (Å²) in [7, 11) is 1.40. The van der Waals surface area contributed by atoms with E-state index in [0.717, 1.165) is 0 Å². The number of hydrogen-bond acceptors (Lipinski definition) is 10. The van der Waals surface area contributed by atoms with Gasteiger partial charge in [0.05, 0.1) is 48.3 Å². The lowest BCUT2D eigenvalue weighted by Crippen LogP contribution is -2.53. The van der Waals surface area contributed by atoms with Crippen molar-refractivity contribution in [3.8, 4) is 11.5 Å². The molecular weight excluding hydrogens is 482 g/mol. The topological polar surface area (TPSA) is 169 Å². The van der Waals surface area contributed by atoms with Gasteiger partial charge in [-0.2, -0.15) is 0 Å². The maximum atomic E-state index is 13.6. The third kappa shape index (κ3) is 4.04. The summed E-state index contributed by atoms with van der Waals surface area (Å²) in [6.45, 7) is 3.10. The Morgan fingerprint density at radius 1 is 1.19 bits per heavy atom. The van der Waals surface area contributed by atoms with Crippen molar-refractivity contribution >= 4 is 11.6 Å². The molecule has 0 spiro atoms. The normalized spacial score (nSPS) is 31.8. The van der Waals surface area contributed by atoms with E-state index in [-0.39, 0.29) is 52.8 Å². The Labute approximate surface area is 213 Å². The molecule has 0 radical (unpaired) electrons. The first kappa shape index (κ1) is 25.8. The van der Waals surface area contributed by atoms with Crippen molar-refractivity contribution in [1.82, 2.24) is 0 Å². The zero-order valence-electron chi connectivity index (χ0n) is 20.8. The lowest BCUT2D eigenvalue weighted by Gasteiger charge is -2.43. The number of aliphatic hydroxyl groups excluding tert-OH is 2. The predicted molar refractivity (Wildman–Crippen MR) is 130 cm³/mol. The van der Waals surface area contributed by atoms with Crippen molar-refractivity contribution in [2.75, 3.05) is 7.11 Å². The van der Waals surface area contributed by atoms with Crippen LogP contribution in [0.5, 0.6) is 11.5 Å². The number of rotatable bonds is 4. The summed E-state index contributed by atoms with van der Waals surface area (Å²) in [5, 5.41) is 43.2. The highest BCUT2D eigenvalue weighted by Crippen LogP contribution is 2.48. The molecule has 37 heavy (non-hydrogen) atoms. The van der Waals surface area contributed by atoms with Crippen LogP contribution in [0.2, 0.25) is 0 Å². The minimum Gasteiger partial charge on any atom is -0.507 e. The van der Waals surface area contributed by atoms with E-state index in [1.807, 2.05) is 0 Å². The molecule has 1 aliphatic heterocycles. The van der Waals surface area contributed by atoms with Gasteiger partial charge in [0.1, 0.15) is 11.5 Å². The number of aliphatic hydroxyl groups is 3. The molecule has 10 heteroatoms. The number of phenols is 1. The molecule has 1 fully saturated rings. The van der Waals surface area contributed by atoms with E-state index in [2.05, 4.69) is 0 Å². The molecule has 0 amide bonds. The Hall–Kier alpha value is -2.86. The SMILES string of the molecule is COc1cccc2c1C(=O)c1cc3c(c(O)c1C2=O)CC(O)(C(C)O)CC3OC1CC(N)C(O)C(C)O1. The summed E-state index contributed by atoms with van der Waals surface area (Å²) in [6, 6.07) is 5.57. The number of aromatic hydroxyl groups is 1. The summed E-state index contributed by atoms with van der Waals surface area (Å²) in [5.41, 5.74) is 5.03. The number of carbonyl (C=O) groups excluding carboxylic acids is 2. The Morgan fingerprint density at radius 2 is 1.89 bits per heavy atom. The van der Waals surface area contributed by atoms with Crippen molar-refractivity contribution in [2.24, 2.45) is 5.73 Å². The number of carbonyl (C=O) groups is 2. The van der Waals surface area contributed by atoms with E-state index in [1.165, 1.54) is 26.2 Å². The van der Waals surface area contributed by atoms with Gasteiger partial charge in [-0.1, -0.05) is 12.1 Å². The molecule has 2 aromatic rings. The van der Waals surface area contributed by atoms with E-state index >= 15 is 0 Å². The molecule has 198 valence electrons. The molecule has 3 aliphatic rings. The molecule has 7 unspecified atom stereocenters. The minimum absolute atomic E-state index is 0.000564. The van der Waals surface area contributed by atoms with Crippen molar-refractivity contribution in [2.45, 2.75) is 75.5 Å². The van der Waals surface area contributed by atoms with E-state index in [1.54, 1.807) is 19.1 Å². The Kier molecular flexibility index (Phi) is 6.38. The van der Waals surface area contributed by atoms with Gasteiger partial charge in [0, 0.05) is 42.0 Å². The Balaban J connectivity index is 1.63. The van der Waals surface area contributed by atoms with Gasteiger partial charge < -0.3 is 40.4 Å². The first-order chi connectivity index (χ1) is 17.5. The lowest BCUT2D eigenvalue weighted by molar-refractivity contribution is -0.250. The predicted octanol–water partition coefficient (Wildman–Crippen LogP) is 1.12. The zero-order chi connectivity index (χ0) is 26.8. The minimum atomic E-state index is -1.69. The fourth-order valence-corrected chi connectivity index (χ4v) is 5.61. The highest BCUT2D eigenvalue weighted by Gasteiger charge is 2.47. The average molecular weight is 514 g/mol. The Morgan fingerprint density at radius 3 is 2.54 bits per heavy atom. The molecule has 1 saturated heterocycles. The van der Waals surface area contributed by atoms with Crippen molar-refractivity contribution in [3.63, 3.8) is 0 Å². The zero-order valence-corrected chi connectivity index (χ0v) is 20.8. The second-order valence-corrected chi connectivity index (χ2v) is 10.2. The van der Waals surface area contributed by atoms with Gasteiger partial charge in [-0.05, 0) is 31.5 Å². The number of ether oxygens (including phenoxy) is 3. The third-order valence-electron chi connectivity index (χ3n) is 7.84. The van der Waals surface area contributed by atoms with Crippen LogP contribution in [0.15, 0.2) is 24.3 Å². The van der Waals surface area contributed by atoms with Crippen LogP contribution in [0, 0.1) is 0 Å². The molecule has 5 rings (SSSR count). The maximum absolute atomic E-state index is 13.6. The average Bonchev–Trinajstić information content (AvgIpc) is 2.85. The maximum Gasteiger partial charge on any atom is 0.198 e. The van der Waals surface area contributed by atoms with Crippen LogP contribution in [0.4, 0.5) is 0 Å². The third-order valence-corrected chi connectivity index (χ3v) is 7.84.